The SMILES string of the molecule is Cc1ccc2c(c1)Sc1c(ccc3c1C(c1ccccc1)c1ccccc1-3)N2c1ccccc1. The molecule has 1 atom stereocenters. The number of nitrogens with zero attached hydrogens (tertiary/aromatic N) is 1. The van der Waals surface area contributed by atoms with Gasteiger partial charge >= 0.3 is 0 Å². The van der Waals surface area contributed by atoms with Crippen LogP contribution in [0.2, 0.25) is 0 Å². The zero-order valence-electron chi connectivity index (χ0n) is 18.9. The van der Waals surface area contributed by atoms with Crippen LogP contribution in [-0.4, -0.2) is 0 Å². The van der Waals surface area contributed by atoms with Crippen LogP contribution < -0.4 is 4.90 Å². The lowest BCUT2D eigenvalue weighted by Gasteiger charge is -2.35. The maximum atomic E-state index is 2.44. The maximum Gasteiger partial charge on any atom is 0.0605 e. The van der Waals surface area contributed by atoms with Crippen LogP contribution in [0.25, 0.3) is 11.1 Å². The molecule has 1 heterocycles. The molecule has 0 saturated heterocycles. The number of benzene rings is 5. The first-order chi connectivity index (χ1) is 16.8. The molecule has 2 aliphatic rings. The molecule has 0 aromatic heterocycles. The number of rotatable bonds is 2. The van der Waals surface area contributed by atoms with Crippen LogP contribution in [0, 0.1) is 6.92 Å². The minimum Gasteiger partial charge on any atom is -0.308 e. The van der Waals surface area contributed by atoms with E-state index in [2.05, 4.69) is 127 Å². The fourth-order valence-electron chi connectivity index (χ4n) is 5.52. The molecule has 34 heavy (non-hydrogen) atoms. The molecule has 2 heteroatoms. The van der Waals surface area contributed by atoms with E-state index in [1.165, 1.54) is 60.2 Å². The third-order valence-corrected chi connectivity index (χ3v) is 8.16. The third kappa shape index (κ3) is 2.89. The quantitative estimate of drug-likeness (QED) is 0.257. The Hall–Kier alpha value is -3.75. The maximum absolute atomic E-state index is 2.44. The highest BCUT2D eigenvalue weighted by Gasteiger charge is 2.36. The van der Waals surface area contributed by atoms with Gasteiger partial charge in [-0.3, -0.25) is 0 Å². The van der Waals surface area contributed by atoms with E-state index in [1.807, 2.05) is 11.8 Å². The van der Waals surface area contributed by atoms with E-state index in [0.29, 0.717) is 0 Å². The summed E-state index contributed by atoms with van der Waals surface area (Å²) in [7, 11) is 0. The summed E-state index contributed by atoms with van der Waals surface area (Å²) in [5, 5.41) is 0. The van der Waals surface area contributed by atoms with E-state index in [0.717, 1.165) is 0 Å². The monoisotopic (exact) mass is 453 g/mol. The van der Waals surface area contributed by atoms with Gasteiger partial charge in [-0.05, 0) is 70.6 Å². The van der Waals surface area contributed by atoms with Gasteiger partial charge in [0, 0.05) is 21.4 Å². The van der Waals surface area contributed by atoms with Crippen LogP contribution in [0.15, 0.2) is 125 Å². The Bertz CT molecular complexity index is 1540. The van der Waals surface area contributed by atoms with E-state index >= 15 is 0 Å². The Kier molecular flexibility index (Phi) is 4.43. The van der Waals surface area contributed by atoms with Crippen LogP contribution in [0.4, 0.5) is 17.1 Å². The van der Waals surface area contributed by atoms with Crippen LogP contribution in [0.5, 0.6) is 0 Å². The number of hydrogen-bond acceptors (Lipinski definition) is 2. The van der Waals surface area contributed by atoms with Gasteiger partial charge in [-0.15, -0.1) is 0 Å². The molecule has 0 saturated carbocycles. The summed E-state index contributed by atoms with van der Waals surface area (Å²) in [6, 6.07) is 42.1. The molecule has 1 aliphatic heterocycles. The molecule has 1 nitrogen and oxygen atoms in total. The summed E-state index contributed by atoms with van der Waals surface area (Å²) >= 11 is 1.93. The van der Waals surface area contributed by atoms with Gasteiger partial charge in [0.25, 0.3) is 0 Å². The van der Waals surface area contributed by atoms with Crippen molar-refractivity contribution >= 4 is 28.8 Å². The number of anilines is 3. The van der Waals surface area contributed by atoms with Crippen molar-refractivity contribution in [3.8, 4) is 11.1 Å². The largest absolute Gasteiger partial charge is 0.308 e. The van der Waals surface area contributed by atoms with Crippen molar-refractivity contribution < 1.29 is 0 Å². The normalized spacial score (nSPS) is 15.3. The lowest BCUT2D eigenvalue weighted by molar-refractivity contribution is 0.973. The Morgan fingerprint density at radius 3 is 2.18 bits per heavy atom. The lowest BCUT2D eigenvalue weighted by Crippen LogP contribution is -2.16. The molecule has 1 aliphatic carbocycles. The first kappa shape index (κ1) is 19.7. The molecule has 0 bridgehead atoms. The molecule has 0 spiro atoms. The summed E-state index contributed by atoms with van der Waals surface area (Å²) in [6.07, 6.45) is 0. The Morgan fingerprint density at radius 1 is 0.647 bits per heavy atom. The van der Waals surface area contributed by atoms with Crippen molar-refractivity contribution in [3.63, 3.8) is 0 Å². The van der Waals surface area contributed by atoms with Crippen molar-refractivity contribution in [2.75, 3.05) is 4.90 Å². The average molecular weight is 454 g/mol. The molecule has 0 N–H and O–H groups in total. The predicted molar refractivity (Wildman–Crippen MR) is 143 cm³/mol. The summed E-state index contributed by atoms with van der Waals surface area (Å²) < 4.78 is 0. The second-order valence-corrected chi connectivity index (χ2v) is 10.1. The van der Waals surface area contributed by atoms with Crippen molar-refractivity contribution in [1.29, 1.82) is 0 Å². The molecule has 162 valence electrons. The minimum absolute atomic E-state index is 0.235. The van der Waals surface area contributed by atoms with Crippen LogP contribution >= 0.6 is 11.8 Å². The fourth-order valence-corrected chi connectivity index (χ4v) is 6.85. The molecule has 0 radical (unpaired) electrons. The van der Waals surface area contributed by atoms with Gasteiger partial charge in [0.2, 0.25) is 0 Å². The van der Waals surface area contributed by atoms with E-state index < -0.39 is 0 Å². The fraction of sp³-hybridized carbons (Fsp3) is 0.0625. The van der Waals surface area contributed by atoms with Gasteiger partial charge in [0.15, 0.2) is 0 Å². The van der Waals surface area contributed by atoms with E-state index in [9.17, 15) is 0 Å². The first-order valence-electron chi connectivity index (χ1n) is 11.7. The van der Waals surface area contributed by atoms with Crippen molar-refractivity contribution in [2.24, 2.45) is 0 Å². The molecule has 7 rings (SSSR count). The Morgan fingerprint density at radius 2 is 1.35 bits per heavy atom. The lowest BCUT2D eigenvalue weighted by atomic mass is 9.89. The number of hydrogen-bond donors (Lipinski definition) is 0. The number of aryl methyl sites for hydroxylation is 1. The van der Waals surface area contributed by atoms with Crippen molar-refractivity contribution in [3.05, 3.63) is 138 Å². The second-order valence-electron chi connectivity index (χ2n) is 9.05. The summed E-state index contributed by atoms with van der Waals surface area (Å²) in [5.41, 5.74) is 11.9. The number of fused-ring (bicyclic) bond motifs is 6. The standard InChI is InChI=1S/C32H23NS/c1-21-16-18-27-29(20-21)34-32-28(33(27)23-12-6-3-7-13-23)19-17-26-24-14-8-9-15-25(24)30(31(26)32)22-10-4-2-5-11-22/h2-20,30H,1H3. The van der Waals surface area contributed by atoms with Crippen LogP contribution in [0.3, 0.4) is 0 Å². The number of para-hydroxylation sites is 1. The molecular formula is C32H23NS. The highest BCUT2D eigenvalue weighted by molar-refractivity contribution is 7.99. The van der Waals surface area contributed by atoms with Crippen LogP contribution in [-0.2, 0) is 0 Å². The van der Waals surface area contributed by atoms with E-state index in [4.69, 9.17) is 0 Å². The third-order valence-electron chi connectivity index (χ3n) is 6.98. The van der Waals surface area contributed by atoms with E-state index in [-0.39, 0.29) is 5.92 Å². The zero-order chi connectivity index (χ0) is 22.6. The minimum atomic E-state index is 0.235. The summed E-state index contributed by atoms with van der Waals surface area (Å²) in [4.78, 5) is 5.11. The van der Waals surface area contributed by atoms with Crippen molar-refractivity contribution in [1.82, 2.24) is 0 Å². The van der Waals surface area contributed by atoms with Crippen molar-refractivity contribution in [2.45, 2.75) is 22.6 Å². The van der Waals surface area contributed by atoms with Gasteiger partial charge < -0.3 is 4.90 Å². The molecule has 5 aromatic rings. The first-order valence-corrected chi connectivity index (χ1v) is 12.6. The summed E-state index contributed by atoms with van der Waals surface area (Å²) in [5.74, 6) is 0.235. The smallest absolute Gasteiger partial charge is 0.0605 e. The molecule has 0 amide bonds. The topological polar surface area (TPSA) is 3.24 Å². The molecule has 1 unspecified atom stereocenters. The predicted octanol–water partition coefficient (Wildman–Crippen LogP) is 9.09. The highest BCUT2D eigenvalue weighted by atomic mass is 32.2. The second kappa shape index (κ2) is 7.65. The van der Waals surface area contributed by atoms with E-state index in [1.54, 1.807) is 0 Å². The van der Waals surface area contributed by atoms with Gasteiger partial charge in [-0.1, -0.05) is 96.7 Å². The summed E-state index contributed by atoms with van der Waals surface area (Å²) in [6.45, 7) is 2.18. The Balaban J connectivity index is 1.53. The zero-order valence-corrected chi connectivity index (χ0v) is 19.7. The molecule has 0 fully saturated rings. The van der Waals surface area contributed by atoms with Gasteiger partial charge in [0.05, 0.1) is 11.4 Å². The van der Waals surface area contributed by atoms with Gasteiger partial charge in [-0.25, -0.2) is 0 Å². The molecule has 5 aromatic carbocycles. The van der Waals surface area contributed by atoms with Gasteiger partial charge in [0.1, 0.15) is 0 Å². The van der Waals surface area contributed by atoms with Gasteiger partial charge in [-0.2, -0.15) is 0 Å². The molecular weight excluding hydrogens is 430 g/mol. The average Bonchev–Trinajstić information content (AvgIpc) is 3.23. The van der Waals surface area contributed by atoms with Crippen LogP contribution in [0.1, 0.15) is 28.2 Å². The highest BCUT2D eigenvalue weighted by Crippen LogP contribution is 2.59. The Labute approximate surface area is 204 Å².